The molecule has 1 aliphatic heterocycles. The lowest BCUT2D eigenvalue weighted by molar-refractivity contribution is 0.133. The largest absolute Gasteiger partial charge is 0.301 e. The lowest BCUT2D eigenvalue weighted by atomic mass is 10.1. The Morgan fingerprint density at radius 3 is 2.00 bits per heavy atom. The van der Waals surface area contributed by atoms with E-state index in [4.69, 9.17) is 0 Å². The average Bonchev–Trinajstić information content (AvgIpc) is 2.25. The second-order valence-electron chi connectivity index (χ2n) is 4.86. The Hall–Kier alpha value is 0.270. The SMILES string of the molecule is CSCCN1CCN(CCC(C)C)CC1. The molecule has 0 unspecified atom stereocenters. The molecule has 0 spiro atoms. The summed E-state index contributed by atoms with van der Waals surface area (Å²) >= 11 is 1.95. The Morgan fingerprint density at radius 1 is 1.00 bits per heavy atom. The van der Waals surface area contributed by atoms with E-state index in [1.165, 1.54) is 51.4 Å². The maximum Gasteiger partial charge on any atom is 0.0110 e. The number of hydrogen-bond acceptors (Lipinski definition) is 3. The highest BCUT2D eigenvalue weighted by molar-refractivity contribution is 7.98. The van der Waals surface area contributed by atoms with Crippen LogP contribution < -0.4 is 0 Å². The Bertz CT molecular complexity index is 154. The molecule has 0 amide bonds. The van der Waals surface area contributed by atoms with Crippen molar-refractivity contribution in [2.75, 3.05) is 51.3 Å². The number of nitrogens with zero attached hydrogens (tertiary/aromatic N) is 2. The molecule has 0 aliphatic carbocycles. The van der Waals surface area contributed by atoms with E-state index in [0.29, 0.717) is 0 Å². The molecule has 0 bridgehead atoms. The first-order valence-corrected chi connectivity index (χ1v) is 7.55. The summed E-state index contributed by atoms with van der Waals surface area (Å²) in [6, 6.07) is 0. The minimum absolute atomic E-state index is 0.847. The molecule has 2 nitrogen and oxygen atoms in total. The third-order valence-electron chi connectivity index (χ3n) is 3.10. The Kier molecular flexibility index (Phi) is 6.69. The summed E-state index contributed by atoms with van der Waals surface area (Å²) in [5.74, 6) is 2.13. The van der Waals surface area contributed by atoms with Gasteiger partial charge in [0.2, 0.25) is 0 Å². The molecule has 1 heterocycles. The van der Waals surface area contributed by atoms with Gasteiger partial charge in [-0.25, -0.2) is 0 Å². The number of piperazine rings is 1. The van der Waals surface area contributed by atoms with Gasteiger partial charge >= 0.3 is 0 Å². The van der Waals surface area contributed by atoms with Crippen molar-refractivity contribution in [3.05, 3.63) is 0 Å². The van der Waals surface area contributed by atoms with E-state index in [2.05, 4.69) is 29.9 Å². The fourth-order valence-electron chi connectivity index (χ4n) is 1.90. The molecule has 0 radical (unpaired) electrons. The zero-order chi connectivity index (χ0) is 11.1. The van der Waals surface area contributed by atoms with Gasteiger partial charge in [-0.15, -0.1) is 0 Å². The monoisotopic (exact) mass is 230 g/mol. The molecule has 15 heavy (non-hydrogen) atoms. The molecule has 0 atom stereocenters. The van der Waals surface area contributed by atoms with Gasteiger partial charge in [-0.3, -0.25) is 4.90 Å². The smallest absolute Gasteiger partial charge is 0.0110 e. The number of hydrogen-bond donors (Lipinski definition) is 0. The molecule has 3 heteroatoms. The van der Waals surface area contributed by atoms with Crippen LogP contribution in [-0.4, -0.2) is 61.1 Å². The van der Waals surface area contributed by atoms with Crippen molar-refractivity contribution in [2.45, 2.75) is 20.3 Å². The molecular weight excluding hydrogens is 204 g/mol. The van der Waals surface area contributed by atoms with Crippen molar-refractivity contribution in [2.24, 2.45) is 5.92 Å². The molecule has 0 N–H and O–H groups in total. The van der Waals surface area contributed by atoms with Gasteiger partial charge in [0.05, 0.1) is 0 Å². The molecular formula is C12H26N2S. The molecule has 1 aliphatic rings. The van der Waals surface area contributed by atoms with Gasteiger partial charge in [0.15, 0.2) is 0 Å². The third-order valence-corrected chi connectivity index (χ3v) is 3.69. The van der Waals surface area contributed by atoms with E-state index in [1.807, 2.05) is 11.8 Å². The van der Waals surface area contributed by atoms with E-state index >= 15 is 0 Å². The predicted molar refractivity (Wildman–Crippen MR) is 70.7 cm³/mol. The van der Waals surface area contributed by atoms with Crippen LogP contribution >= 0.6 is 11.8 Å². The van der Waals surface area contributed by atoms with Crippen LogP contribution in [0.4, 0.5) is 0 Å². The lowest BCUT2D eigenvalue weighted by Gasteiger charge is -2.34. The standard InChI is InChI=1S/C12H26N2S/c1-12(2)4-5-13-6-8-14(9-7-13)10-11-15-3/h12H,4-11H2,1-3H3. The summed E-state index contributed by atoms with van der Waals surface area (Å²) in [6.45, 7) is 12.3. The first-order valence-electron chi connectivity index (χ1n) is 6.16. The van der Waals surface area contributed by atoms with Gasteiger partial charge in [-0.2, -0.15) is 11.8 Å². The zero-order valence-electron chi connectivity index (χ0n) is 10.5. The van der Waals surface area contributed by atoms with Crippen molar-refractivity contribution in [3.63, 3.8) is 0 Å². The van der Waals surface area contributed by atoms with Crippen molar-refractivity contribution in [1.82, 2.24) is 9.80 Å². The summed E-state index contributed by atoms with van der Waals surface area (Å²) in [5, 5.41) is 0. The highest BCUT2D eigenvalue weighted by Crippen LogP contribution is 2.06. The van der Waals surface area contributed by atoms with Crippen LogP contribution in [0.1, 0.15) is 20.3 Å². The van der Waals surface area contributed by atoms with Gasteiger partial charge in [0.1, 0.15) is 0 Å². The molecule has 0 saturated carbocycles. The molecule has 1 saturated heterocycles. The highest BCUT2D eigenvalue weighted by Gasteiger charge is 2.15. The van der Waals surface area contributed by atoms with Crippen molar-refractivity contribution in [1.29, 1.82) is 0 Å². The summed E-state index contributed by atoms with van der Waals surface area (Å²) in [6.07, 6.45) is 3.55. The summed E-state index contributed by atoms with van der Waals surface area (Å²) in [4.78, 5) is 5.22. The highest BCUT2D eigenvalue weighted by atomic mass is 32.2. The van der Waals surface area contributed by atoms with Crippen LogP contribution in [0.2, 0.25) is 0 Å². The summed E-state index contributed by atoms with van der Waals surface area (Å²) in [7, 11) is 0. The Labute approximate surface area is 99.4 Å². The van der Waals surface area contributed by atoms with Gasteiger partial charge in [-0.1, -0.05) is 13.8 Å². The summed E-state index contributed by atoms with van der Waals surface area (Å²) in [5.41, 5.74) is 0. The van der Waals surface area contributed by atoms with Gasteiger partial charge in [0, 0.05) is 38.5 Å². The number of rotatable bonds is 6. The van der Waals surface area contributed by atoms with Crippen molar-refractivity contribution < 1.29 is 0 Å². The molecule has 0 aromatic carbocycles. The van der Waals surface area contributed by atoms with E-state index < -0.39 is 0 Å². The fraction of sp³-hybridized carbons (Fsp3) is 1.00. The maximum absolute atomic E-state index is 2.62. The minimum atomic E-state index is 0.847. The molecule has 1 rings (SSSR count). The summed E-state index contributed by atoms with van der Waals surface area (Å²) < 4.78 is 0. The van der Waals surface area contributed by atoms with Crippen LogP contribution in [0.3, 0.4) is 0 Å². The predicted octanol–water partition coefficient (Wildman–Crippen LogP) is 2.01. The van der Waals surface area contributed by atoms with Gasteiger partial charge < -0.3 is 4.90 Å². The average molecular weight is 230 g/mol. The molecule has 90 valence electrons. The van der Waals surface area contributed by atoms with E-state index in [9.17, 15) is 0 Å². The van der Waals surface area contributed by atoms with Crippen LogP contribution in [0.15, 0.2) is 0 Å². The first-order chi connectivity index (χ1) is 7.22. The molecule has 1 fully saturated rings. The zero-order valence-corrected chi connectivity index (χ0v) is 11.4. The van der Waals surface area contributed by atoms with Crippen molar-refractivity contribution >= 4 is 11.8 Å². The van der Waals surface area contributed by atoms with Crippen LogP contribution in [0.5, 0.6) is 0 Å². The lowest BCUT2D eigenvalue weighted by Crippen LogP contribution is -2.47. The van der Waals surface area contributed by atoms with Crippen LogP contribution in [0.25, 0.3) is 0 Å². The van der Waals surface area contributed by atoms with E-state index in [1.54, 1.807) is 0 Å². The Morgan fingerprint density at radius 2 is 1.53 bits per heavy atom. The third kappa shape index (κ3) is 5.79. The second kappa shape index (κ2) is 7.53. The quantitative estimate of drug-likeness (QED) is 0.689. The van der Waals surface area contributed by atoms with E-state index in [0.717, 1.165) is 5.92 Å². The van der Waals surface area contributed by atoms with Crippen LogP contribution in [-0.2, 0) is 0 Å². The van der Waals surface area contributed by atoms with E-state index in [-0.39, 0.29) is 0 Å². The van der Waals surface area contributed by atoms with Gasteiger partial charge in [-0.05, 0) is 25.1 Å². The molecule has 0 aromatic heterocycles. The Balaban J connectivity index is 2.07. The van der Waals surface area contributed by atoms with Crippen molar-refractivity contribution in [3.8, 4) is 0 Å². The normalized spacial score (nSPS) is 20.0. The van der Waals surface area contributed by atoms with Crippen LogP contribution in [0, 0.1) is 5.92 Å². The second-order valence-corrected chi connectivity index (χ2v) is 5.84. The maximum atomic E-state index is 2.62. The fourth-order valence-corrected chi connectivity index (χ4v) is 2.34. The number of thioether (sulfide) groups is 1. The first kappa shape index (κ1) is 13.3. The molecule has 0 aromatic rings. The minimum Gasteiger partial charge on any atom is -0.301 e. The topological polar surface area (TPSA) is 6.48 Å². The van der Waals surface area contributed by atoms with Gasteiger partial charge in [0.25, 0.3) is 0 Å².